The van der Waals surface area contributed by atoms with E-state index in [1.165, 1.54) is 12.1 Å². The number of halogens is 1. The predicted octanol–water partition coefficient (Wildman–Crippen LogP) is 2.87. The molecular formula is C13H17ClO6Zn. The summed E-state index contributed by atoms with van der Waals surface area (Å²) in [6.07, 6.45) is 0. The number of aromatic hydroxyl groups is 1. The van der Waals surface area contributed by atoms with Gasteiger partial charge in [-0.3, -0.25) is 9.59 Å². The van der Waals surface area contributed by atoms with Gasteiger partial charge in [-0.2, -0.15) is 0 Å². The predicted molar refractivity (Wildman–Crippen MR) is 75.7 cm³/mol. The van der Waals surface area contributed by atoms with E-state index in [0.717, 1.165) is 12.5 Å². The Labute approximate surface area is 140 Å². The summed E-state index contributed by atoms with van der Waals surface area (Å²) in [5.74, 6) is -0.689. The maximum absolute atomic E-state index is 10.9. The average Bonchev–Trinajstić information content (AvgIpc) is 2.40. The first-order chi connectivity index (χ1) is 9.07. The maximum Gasteiger partial charge on any atom is 0.401 e. The number of rotatable bonds is 1. The van der Waals surface area contributed by atoms with Crippen molar-refractivity contribution in [3.63, 3.8) is 0 Å². The summed E-state index contributed by atoms with van der Waals surface area (Å²) in [5.41, 5.74) is -0.725. The van der Waals surface area contributed by atoms with Crippen molar-refractivity contribution < 1.29 is 44.4 Å². The van der Waals surface area contributed by atoms with Crippen molar-refractivity contribution in [2.24, 2.45) is 0 Å². The average molecular weight is 370 g/mol. The monoisotopic (exact) mass is 368 g/mol. The second-order valence-electron chi connectivity index (χ2n) is 3.85. The second-order valence-corrected chi connectivity index (χ2v) is 4.17. The van der Waals surface area contributed by atoms with Gasteiger partial charge in [0, 0.05) is 38.0 Å². The smallest absolute Gasteiger partial charge is 0.401 e. The van der Waals surface area contributed by atoms with Gasteiger partial charge in [0.15, 0.2) is 5.75 Å². The third-order valence-electron chi connectivity index (χ3n) is 1.76. The van der Waals surface area contributed by atoms with Crippen LogP contribution in [0.25, 0.3) is 0 Å². The van der Waals surface area contributed by atoms with Crippen LogP contribution in [0.15, 0.2) is 29.1 Å². The zero-order chi connectivity index (χ0) is 16.3. The Bertz CT molecular complexity index is 484. The minimum absolute atomic E-state index is 0. The van der Waals surface area contributed by atoms with E-state index in [2.05, 4.69) is 11.6 Å². The van der Waals surface area contributed by atoms with Gasteiger partial charge in [0.05, 0.1) is 0 Å². The summed E-state index contributed by atoms with van der Waals surface area (Å²) >= 11 is 4.19. The van der Waals surface area contributed by atoms with Crippen molar-refractivity contribution in [2.45, 2.75) is 26.7 Å². The molecule has 0 saturated carbocycles. The van der Waals surface area contributed by atoms with Gasteiger partial charge in [0.1, 0.15) is 0 Å². The molecule has 0 aliphatic rings. The molecule has 6 nitrogen and oxygen atoms in total. The number of carboxylic acids is 1. The molecule has 1 aromatic rings. The molecule has 0 atom stereocenters. The van der Waals surface area contributed by atoms with Crippen LogP contribution in [0.3, 0.4) is 0 Å². The maximum atomic E-state index is 10.9. The van der Waals surface area contributed by atoms with Gasteiger partial charge >= 0.3 is 5.43 Å². The van der Waals surface area contributed by atoms with Gasteiger partial charge in [-0.1, -0.05) is 26.0 Å². The quantitative estimate of drug-likeness (QED) is 0.518. The summed E-state index contributed by atoms with van der Waals surface area (Å²) in [6.45, 7) is 5.11. The Morgan fingerprint density at radius 3 is 1.90 bits per heavy atom. The minimum atomic E-state index is -1.36. The zero-order valence-electron chi connectivity index (χ0n) is 12.0. The van der Waals surface area contributed by atoms with Crippen LogP contribution >= 0.6 is 11.6 Å². The zero-order valence-corrected chi connectivity index (χ0v) is 15.8. The molecule has 8 heteroatoms. The van der Waals surface area contributed by atoms with Crippen molar-refractivity contribution in [3.05, 3.63) is 40.1 Å². The Morgan fingerprint density at radius 1 is 1.19 bits per heavy atom. The third-order valence-corrected chi connectivity index (χ3v) is 1.76. The van der Waals surface area contributed by atoms with Crippen molar-refractivity contribution >= 4 is 23.0 Å². The molecule has 0 aromatic heterocycles. The molecule has 21 heavy (non-hydrogen) atoms. The number of aliphatic carboxylic acids is 1. The van der Waals surface area contributed by atoms with E-state index in [-0.39, 0.29) is 30.7 Å². The molecule has 0 aliphatic carbocycles. The van der Waals surface area contributed by atoms with E-state index in [0.29, 0.717) is 5.92 Å². The van der Waals surface area contributed by atoms with E-state index in [1.807, 2.05) is 19.9 Å². The van der Waals surface area contributed by atoms with Crippen LogP contribution in [0.2, 0.25) is 0 Å². The minimum Gasteiger partial charge on any atom is -0.504 e. The van der Waals surface area contributed by atoms with Crippen LogP contribution < -0.4 is 5.43 Å². The van der Waals surface area contributed by atoms with E-state index in [1.54, 1.807) is 6.07 Å². The van der Waals surface area contributed by atoms with Crippen LogP contribution in [0, 0.1) is 0 Å². The SMILES string of the molecule is CC(=O)O.CC(C)c1cccc(=O)c(O)c1.O=C(O)Cl.[Zn]. The van der Waals surface area contributed by atoms with Crippen LogP contribution in [-0.4, -0.2) is 26.7 Å². The topological polar surface area (TPSA) is 112 Å². The molecule has 0 fully saturated rings. The second kappa shape index (κ2) is 13.5. The third kappa shape index (κ3) is 18.5. The fourth-order valence-corrected chi connectivity index (χ4v) is 0.968. The standard InChI is InChI=1S/C10H12O2.C2H4O2.CHClO2.Zn/c1-7(2)8-4-3-5-9(11)10(12)6-8;1-2(3)4;2-1(3)4;/h3-7H,1-2H3,(H,11,12);1H3,(H,3,4);(H,3,4);. The first-order valence-electron chi connectivity index (χ1n) is 5.49. The molecule has 0 aliphatic heterocycles. The molecule has 0 saturated heterocycles. The molecule has 3 N–H and O–H groups in total. The van der Waals surface area contributed by atoms with Crippen LogP contribution in [0.1, 0.15) is 32.3 Å². The van der Waals surface area contributed by atoms with Crippen molar-refractivity contribution in [1.29, 1.82) is 0 Å². The van der Waals surface area contributed by atoms with Gasteiger partial charge in [-0.15, -0.1) is 0 Å². The number of carboxylic acid groups (broad SMARTS) is 2. The van der Waals surface area contributed by atoms with Gasteiger partial charge < -0.3 is 15.3 Å². The Balaban J connectivity index is -0.000000304. The molecule has 0 amide bonds. The molecular weight excluding hydrogens is 353 g/mol. The summed E-state index contributed by atoms with van der Waals surface area (Å²) in [4.78, 5) is 28.7. The molecule has 0 radical (unpaired) electrons. The van der Waals surface area contributed by atoms with E-state index in [9.17, 15) is 9.90 Å². The van der Waals surface area contributed by atoms with E-state index >= 15 is 0 Å². The first-order valence-corrected chi connectivity index (χ1v) is 5.86. The number of carbonyl (C=O) groups is 2. The van der Waals surface area contributed by atoms with E-state index < -0.39 is 11.4 Å². The van der Waals surface area contributed by atoms with Gasteiger partial charge in [0.25, 0.3) is 5.97 Å². The summed E-state index contributed by atoms with van der Waals surface area (Å²) in [7, 11) is 0. The molecule has 0 spiro atoms. The first kappa shape index (κ1) is 24.6. The Morgan fingerprint density at radius 2 is 1.57 bits per heavy atom. The summed E-state index contributed by atoms with van der Waals surface area (Å²) in [5, 5.41) is 23.8. The van der Waals surface area contributed by atoms with Gasteiger partial charge in [-0.25, -0.2) is 4.79 Å². The Hall–Kier alpha value is -1.46. The van der Waals surface area contributed by atoms with Crippen molar-refractivity contribution in [2.75, 3.05) is 0 Å². The molecule has 114 valence electrons. The fourth-order valence-electron chi connectivity index (χ4n) is 0.968. The number of hydrogen-bond donors (Lipinski definition) is 3. The molecule has 0 unspecified atom stereocenters. The summed E-state index contributed by atoms with van der Waals surface area (Å²) in [6, 6.07) is 6.39. The van der Waals surface area contributed by atoms with Crippen LogP contribution in [0.4, 0.5) is 4.79 Å². The fraction of sp³-hybridized carbons (Fsp3) is 0.308. The molecule has 1 rings (SSSR count). The van der Waals surface area contributed by atoms with Crippen molar-refractivity contribution in [1.82, 2.24) is 0 Å². The van der Waals surface area contributed by atoms with Crippen LogP contribution in [0.5, 0.6) is 5.75 Å². The molecule has 1 aromatic carbocycles. The largest absolute Gasteiger partial charge is 0.504 e. The van der Waals surface area contributed by atoms with Crippen molar-refractivity contribution in [3.8, 4) is 5.75 Å². The Kier molecular flexibility index (Phi) is 15.8. The van der Waals surface area contributed by atoms with Gasteiger partial charge in [-0.05, 0) is 23.6 Å². The number of hydrogen-bond acceptors (Lipinski definition) is 4. The summed E-state index contributed by atoms with van der Waals surface area (Å²) < 4.78 is 0. The molecule has 0 bridgehead atoms. The normalized spacial score (nSPS) is 8.24. The van der Waals surface area contributed by atoms with Crippen LogP contribution in [-0.2, 0) is 24.3 Å². The van der Waals surface area contributed by atoms with Gasteiger partial charge in [0.2, 0.25) is 5.43 Å². The molecule has 0 heterocycles. The van der Waals surface area contributed by atoms with E-state index in [4.69, 9.17) is 19.8 Å².